The van der Waals surface area contributed by atoms with E-state index in [9.17, 15) is 4.39 Å². The van der Waals surface area contributed by atoms with Crippen molar-refractivity contribution >= 4 is 16.8 Å². The summed E-state index contributed by atoms with van der Waals surface area (Å²) in [5.74, 6) is -0.238. The number of rotatable bonds is 3. The Hall–Kier alpha value is -1.54. The molecular formula is C11H12FN2OS+. The van der Waals surface area contributed by atoms with E-state index in [0.717, 1.165) is 12.0 Å². The molecule has 0 fully saturated rings. The van der Waals surface area contributed by atoms with Crippen molar-refractivity contribution in [3.05, 3.63) is 40.7 Å². The molecule has 0 amide bonds. The average Bonchev–Trinajstić information content (AvgIpc) is 2.30. The molecule has 0 atom stereocenters. The lowest BCUT2D eigenvalue weighted by atomic mass is 10.1. The maximum Gasteiger partial charge on any atom is 0.415 e. The van der Waals surface area contributed by atoms with E-state index >= 15 is 0 Å². The number of hydrogen-bond acceptors (Lipinski definition) is 3. The summed E-state index contributed by atoms with van der Waals surface area (Å²) in [6.45, 7) is 0.560. The molecule has 0 aromatic heterocycles. The first kappa shape index (κ1) is 12.5. The minimum absolute atomic E-state index is 0.238. The number of nitrogens with zero attached hydrogens (tertiary/aromatic N) is 2. The predicted octanol–water partition coefficient (Wildman–Crippen LogP) is 2.85. The molecule has 0 radical (unpaired) electrons. The van der Waals surface area contributed by atoms with Gasteiger partial charge in [-0.2, -0.15) is 5.21 Å². The van der Waals surface area contributed by atoms with Gasteiger partial charge in [-0.3, -0.25) is 4.99 Å². The van der Waals surface area contributed by atoms with Gasteiger partial charge in [0, 0.05) is 6.54 Å². The van der Waals surface area contributed by atoms with Crippen molar-refractivity contribution in [2.45, 2.75) is 6.42 Å². The van der Waals surface area contributed by atoms with Crippen LogP contribution in [0.3, 0.4) is 0 Å². The molecule has 84 valence electrons. The van der Waals surface area contributed by atoms with Gasteiger partial charge in [0.05, 0.1) is 0 Å². The third kappa shape index (κ3) is 4.32. The van der Waals surface area contributed by atoms with Crippen molar-refractivity contribution in [3.8, 4) is 6.07 Å². The van der Waals surface area contributed by atoms with Crippen LogP contribution in [-0.4, -0.2) is 23.1 Å². The Morgan fingerprint density at radius 1 is 1.50 bits per heavy atom. The zero-order valence-electron chi connectivity index (χ0n) is 8.85. The van der Waals surface area contributed by atoms with Crippen molar-refractivity contribution in [1.82, 2.24) is 0 Å². The Labute approximate surface area is 97.8 Å². The number of aliphatic imine (C=N–C) groups is 1. The molecule has 16 heavy (non-hydrogen) atoms. The first-order valence-corrected chi connectivity index (χ1v) is 5.91. The molecule has 0 bridgehead atoms. The second kappa shape index (κ2) is 6.85. The van der Waals surface area contributed by atoms with Crippen LogP contribution in [0.5, 0.6) is 0 Å². The summed E-state index contributed by atoms with van der Waals surface area (Å²) in [4.78, 5) is 4.17. The Kier molecular flexibility index (Phi) is 5.37. The SMILES string of the molecule is CSC(C#[N+]O)=NCCc1ccc(F)cc1. The molecule has 0 spiro atoms. The topological polar surface area (TPSA) is 37.0 Å². The molecule has 1 rings (SSSR count). The van der Waals surface area contributed by atoms with Crippen LogP contribution in [-0.2, 0) is 6.42 Å². The standard InChI is InChI=1S/C11H11FN2OS/c1-16-11(8-14-15)13-7-6-9-2-4-10(12)5-3-9/h2-5H,6-7H2,1H3/p+1. The molecule has 1 aromatic rings. The van der Waals surface area contributed by atoms with Gasteiger partial charge in [-0.1, -0.05) is 23.9 Å². The van der Waals surface area contributed by atoms with E-state index in [-0.39, 0.29) is 5.82 Å². The highest BCUT2D eigenvalue weighted by atomic mass is 32.2. The van der Waals surface area contributed by atoms with Crippen LogP contribution in [0.25, 0.3) is 5.01 Å². The molecule has 1 aromatic carbocycles. The van der Waals surface area contributed by atoms with Crippen molar-refractivity contribution in [1.29, 1.82) is 0 Å². The van der Waals surface area contributed by atoms with Gasteiger partial charge in [0.25, 0.3) is 0 Å². The molecule has 0 aliphatic rings. The zero-order valence-corrected chi connectivity index (χ0v) is 9.67. The van der Waals surface area contributed by atoms with Gasteiger partial charge in [0.1, 0.15) is 5.82 Å². The number of thioether (sulfide) groups is 1. The minimum atomic E-state index is -0.238. The Morgan fingerprint density at radius 3 is 2.75 bits per heavy atom. The summed E-state index contributed by atoms with van der Waals surface area (Å²) in [6, 6.07) is 8.67. The van der Waals surface area contributed by atoms with E-state index in [1.54, 1.807) is 12.1 Å². The minimum Gasteiger partial charge on any atom is -0.264 e. The predicted molar refractivity (Wildman–Crippen MR) is 65.0 cm³/mol. The fourth-order valence-corrected chi connectivity index (χ4v) is 1.48. The van der Waals surface area contributed by atoms with Gasteiger partial charge < -0.3 is 0 Å². The van der Waals surface area contributed by atoms with Crippen molar-refractivity contribution in [3.63, 3.8) is 0 Å². The number of benzene rings is 1. The van der Waals surface area contributed by atoms with Gasteiger partial charge in [0.2, 0.25) is 10.1 Å². The molecule has 1 N–H and O–H groups in total. The maximum absolute atomic E-state index is 12.6. The number of halogens is 1. The van der Waals surface area contributed by atoms with Crippen LogP contribution in [0.4, 0.5) is 4.39 Å². The van der Waals surface area contributed by atoms with Gasteiger partial charge in [-0.25, -0.2) is 4.39 Å². The second-order valence-electron chi connectivity index (χ2n) is 2.98. The van der Waals surface area contributed by atoms with Gasteiger partial charge in [-0.05, 0) is 30.4 Å². The van der Waals surface area contributed by atoms with E-state index in [2.05, 4.69) is 16.1 Å². The van der Waals surface area contributed by atoms with Crippen LogP contribution < -0.4 is 0 Å². The summed E-state index contributed by atoms with van der Waals surface area (Å²) in [6.07, 6.45) is 2.55. The van der Waals surface area contributed by atoms with Crippen LogP contribution in [0, 0.1) is 11.9 Å². The summed E-state index contributed by atoms with van der Waals surface area (Å²) in [5.41, 5.74) is 1.02. The lowest BCUT2D eigenvalue weighted by Gasteiger charge is -1.97. The first-order chi connectivity index (χ1) is 7.76. The third-order valence-electron chi connectivity index (χ3n) is 1.91. The van der Waals surface area contributed by atoms with E-state index in [1.807, 2.05) is 6.26 Å². The summed E-state index contributed by atoms with van der Waals surface area (Å²) < 4.78 is 12.6. The Morgan fingerprint density at radius 2 is 2.19 bits per heavy atom. The van der Waals surface area contributed by atoms with E-state index in [4.69, 9.17) is 5.21 Å². The molecule has 0 heterocycles. The van der Waals surface area contributed by atoms with Gasteiger partial charge in [-0.15, -0.1) is 0 Å². The van der Waals surface area contributed by atoms with Crippen molar-refractivity contribution < 1.29 is 9.60 Å². The fourth-order valence-electron chi connectivity index (χ4n) is 1.13. The van der Waals surface area contributed by atoms with Crippen LogP contribution in [0.1, 0.15) is 5.56 Å². The lowest BCUT2D eigenvalue weighted by Crippen LogP contribution is -1.94. The summed E-state index contributed by atoms with van der Waals surface area (Å²) >= 11 is 1.36. The molecule has 0 saturated heterocycles. The molecule has 3 nitrogen and oxygen atoms in total. The lowest BCUT2D eigenvalue weighted by molar-refractivity contribution is 0.465. The summed E-state index contributed by atoms with van der Waals surface area (Å²) in [7, 11) is 0. The molecule has 0 saturated carbocycles. The molecule has 0 aliphatic carbocycles. The highest BCUT2D eigenvalue weighted by Crippen LogP contribution is 2.04. The molecular weight excluding hydrogens is 227 g/mol. The van der Waals surface area contributed by atoms with Crippen LogP contribution in [0.2, 0.25) is 0 Å². The largest absolute Gasteiger partial charge is 0.415 e. The zero-order chi connectivity index (χ0) is 11.8. The van der Waals surface area contributed by atoms with E-state index < -0.39 is 0 Å². The van der Waals surface area contributed by atoms with Crippen LogP contribution in [0.15, 0.2) is 29.3 Å². The highest BCUT2D eigenvalue weighted by molar-refractivity contribution is 8.13. The highest BCUT2D eigenvalue weighted by Gasteiger charge is 2.00. The average molecular weight is 239 g/mol. The Bertz CT molecular complexity index is 420. The van der Waals surface area contributed by atoms with Crippen molar-refractivity contribution in [2.75, 3.05) is 12.8 Å². The van der Waals surface area contributed by atoms with E-state index in [1.165, 1.54) is 23.9 Å². The molecule has 0 aliphatic heterocycles. The second-order valence-corrected chi connectivity index (χ2v) is 3.77. The van der Waals surface area contributed by atoms with Crippen molar-refractivity contribution in [2.24, 2.45) is 4.99 Å². The summed E-state index contributed by atoms with van der Waals surface area (Å²) in [5, 5.41) is 11.6. The maximum atomic E-state index is 12.6. The molecule has 0 unspecified atom stereocenters. The monoisotopic (exact) mass is 239 g/mol. The van der Waals surface area contributed by atoms with E-state index in [0.29, 0.717) is 11.6 Å². The fraction of sp³-hybridized carbons (Fsp3) is 0.273. The molecule has 5 heteroatoms. The quantitative estimate of drug-likeness (QED) is 0.500. The smallest absolute Gasteiger partial charge is 0.264 e. The van der Waals surface area contributed by atoms with Crippen LogP contribution >= 0.6 is 11.8 Å². The Balaban J connectivity index is 2.50. The normalized spacial score (nSPS) is 10.8. The van der Waals surface area contributed by atoms with Gasteiger partial charge in [0.15, 0.2) is 0 Å². The third-order valence-corrected chi connectivity index (χ3v) is 2.52. The first-order valence-electron chi connectivity index (χ1n) is 4.69. The number of hydrogen-bond donors (Lipinski definition) is 1. The van der Waals surface area contributed by atoms with Gasteiger partial charge >= 0.3 is 6.07 Å².